The van der Waals surface area contributed by atoms with Crippen LogP contribution >= 0.6 is 0 Å². The molecular formula is C31H27F4N3O3. The molecule has 6 nitrogen and oxygen atoms in total. The quantitative estimate of drug-likeness (QED) is 0.258. The Bertz CT molecular complexity index is 1540. The Morgan fingerprint density at radius 3 is 2.54 bits per heavy atom. The molecule has 0 saturated heterocycles. The second kappa shape index (κ2) is 11.9. The zero-order valence-corrected chi connectivity index (χ0v) is 21.9. The first kappa shape index (κ1) is 27.9. The number of nitrogens with zero attached hydrogens (tertiary/aromatic N) is 1. The van der Waals surface area contributed by atoms with Gasteiger partial charge in [-0.2, -0.15) is 13.2 Å². The van der Waals surface area contributed by atoms with Crippen molar-refractivity contribution in [2.75, 3.05) is 24.5 Å². The van der Waals surface area contributed by atoms with Gasteiger partial charge in [-0.1, -0.05) is 42.5 Å². The zero-order chi connectivity index (χ0) is 29.0. The van der Waals surface area contributed by atoms with E-state index < -0.39 is 29.6 Å². The van der Waals surface area contributed by atoms with Crippen LogP contribution in [-0.2, 0) is 23.8 Å². The Morgan fingerprint density at radius 2 is 1.76 bits per heavy atom. The van der Waals surface area contributed by atoms with Gasteiger partial charge in [-0.3, -0.25) is 9.59 Å². The molecule has 0 radical (unpaired) electrons. The molecule has 1 unspecified atom stereocenters. The summed E-state index contributed by atoms with van der Waals surface area (Å²) in [5.41, 5.74) is 2.02. The summed E-state index contributed by atoms with van der Waals surface area (Å²) in [5, 5.41) is 5.58. The van der Waals surface area contributed by atoms with Crippen molar-refractivity contribution in [3.8, 4) is 11.3 Å². The monoisotopic (exact) mass is 565 g/mol. The van der Waals surface area contributed by atoms with E-state index in [0.717, 1.165) is 35.4 Å². The maximum absolute atomic E-state index is 13.5. The highest BCUT2D eigenvalue weighted by Crippen LogP contribution is 2.33. The molecule has 1 aliphatic heterocycles. The minimum Gasteiger partial charge on any atom is -0.451 e. The van der Waals surface area contributed by atoms with Crippen LogP contribution in [-0.4, -0.2) is 37.5 Å². The van der Waals surface area contributed by atoms with Gasteiger partial charge < -0.3 is 20.0 Å². The highest BCUT2D eigenvalue weighted by molar-refractivity contribution is 5.96. The Labute approximate surface area is 234 Å². The minimum atomic E-state index is -4.52. The van der Waals surface area contributed by atoms with E-state index >= 15 is 0 Å². The molecule has 3 aromatic carbocycles. The summed E-state index contributed by atoms with van der Waals surface area (Å²) < 4.78 is 58.5. The van der Waals surface area contributed by atoms with Crippen molar-refractivity contribution in [2.45, 2.75) is 25.1 Å². The third-order valence-corrected chi connectivity index (χ3v) is 6.92. The Balaban J connectivity index is 1.25. The molecule has 0 spiro atoms. The van der Waals surface area contributed by atoms with E-state index in [4.69, 9.17) is 4.42 Å². The molecule has 10 heteroatoms. The van der Waals surface area contributed by atoms with Crippen molar-refractivity contribution >= 4 is 17.5 Å². The molecule has 1 atom stereocenters. The molecule has 2 amide bonds. The van der Waals surface area contributed by atoms with Gasteiger partial charge in [0.15, 0.2) is 5.76 Å². The van der Waals surface area contributed by atoms with Crippen LogP contribution in [0.4, 0.5) is 23.2 Å². The third-order valence-electron chi connectivity index (χ3n) is 6.92. The smallest absolute Gasteiger partial charge is 0.416 e. The third kappa shape index (κ3) is 6.77. The number of nitrogens with one attached hydrogen (secondary N) is 2. The van der Waals surface area contributed by atoms with Gasteiger partial charge in [-0.25, -0.2) is 4.39 Å². The number of halogens is 4. The van der Waals surface area contributed by atoms with E-state index in [-0.39, 0.29) is 29.3 Å². The number of fused-ring (bicyclic) bond motifs is 1. The second-order valence-electron chi connectivity index (χ2n) is 9.76. The maximum atomic E-state index is 13.5. The van der Waals surface area contributed by atoms with Gasteiger partial charge in [-0.05, 0) is 60.0 Å². The van der Waals surface area contributed by atoms with Crippen LogP contribution < -0.4 is 15.5 Å². The summed E-state index contributed by atoms with van der Waals surface area (Å²) >= 11 is 0. The number of furan rings is 1. The average Bonchev–Trinajstić information content (AvgIpc) is 3.60. The first-order valence-corrected chi connectivity index (χ1v) is 13.1. The largest absolute Gasteiger partial charge is 0.451 e. The normalized spacial score (nSPS) is 13.5. The van der Waals surface area contributed by atoms with E-state index in [9.17, 15) is 27.2 Å². The maximum Gasteiger partial charge on any atom is 0.416 e. The summed E-state index contributed by atoms with van der Waals surface area (Å²) in [6.45, 7) is 1.53. The van der Waals surface area contributed by atoms with Crippen LogP contribution in [0, 0.1) is 5.82 Å². The Morgan fingerprint density at radius 1 is 0.951 bits per heavy atom. The molecule has 0 aliphatic carbocycles. The molecule has 4 aromatic rings. The van der Waals surface area contributed by atoms with Crippen LogP contribution in [0.1, 0.15) is 27.2 Å². The molecule has 0 bridgehead atoms. The zero-order valence-electron chi connectivity index (χ0n) is 21.9. The number of carbonyl (C=O) groups is 2. The van der Waals surface area contributed by atoms with Gasteiger partial charge in [0.1, 0.15) is 17.6 Å². The molecule has 41 heavy (non-hydrogen) atoms. The molecule has 2 N–H and O–H groups in total. The van der Waals surface area contributed by atoms with E-state index in [0.29, 0.717) is 19.6 Å². The Hall–Kier alpha value is -4.60. The second-order valence-corrected chi connectivity index (χ2v) is 9.76. The fourth-order valence-electron chi connectivity index (χ4n) is 4.86. The SMILES string of the molecule is O=C(NC(Cc1ccccc1)C(=O)NCCN1CCc2cc(F)ccc21)c1ccc(-c2cccc(C(F)(F)F)c2)o1. The number of hydrogen-bond acceptors (Lipinski definition) is 4. The van der Waals surface area contributed by atoms with Gasteiger partial charge in [-0.15, -0.1) is 0 Å². The van der Waals surface area contributed by atoms with Crippen molar-refractivity contribution in [3.05, 3.63) is 113 Å². The van der Waals surface area contributed by atoms with Crippen molar-refractivity contribution in [2.24, 2.45) is 0 Å². The van der Waals surface area contributed by atoms with E-state index in [1.165, 1.54) is 36.4 Å². The van der Waals surface area contributed by atoms with Gasteiger partial charge in [0.05, 0.1) is 5.56 Å². The lowest BCUT2D eigenvalue weighted by molar-refractivity contribution is -0.137. The lowest BCUT2D eigenvalue weighted by Gasteiger charge is -2.22. The summed E-state index contributed by atoms with van der Waals surface area (Å²) in [5.74, 6) is -1.39. The molecule has 2 heterocycles. The fourth-order valence-corrected chi connectivity index (χ4v) is 4.86. The number of benzene rings is 3. The predicted octanol–water partition coefficient (Wildman–Crippen LogP) is 5.62. The molecule has 5 rings (SSSR count). The van der Waals surface area contributed by atoms with Crippen LogP contribution in [0.15, 0.2) is 89.3 Å². The van der Waals surface area contributed by atoms with Crippen molar-refractivity contribution in [1.29, 1.82) is 0 Å². The van der Waals surface area contributed by atoms with Gasteiger partial charge in [0, 0.05) is 37.3 Å². The van der Waals surface area contributed by atoms with Crippen molar-refractivity contribution in [1.82, 2.24) is 10.6 Å². The number of anilines is 1. The van der Waals surface area contributed by atoms with Crippen molar-refractivity contribution < 1.29 is 31.6 Å². The van der Waals surface area contributed by atoms with E-state index in [1.807, 2.05) is 30.3 Å². The lowest BCUT2D eigenvalue weighted by atomic mass is 10.1. The summed E-state index contributed by atoms with van der Waals surface area (Å²) in [4.78, 5) is 28.3. The molecule has 0 fully saturated rings. The number of hydrogen-bond donors (Lipinski definition) is 2. The van der Waals surface area contributed by atoms with Gasteiger partial charge >= 0.3 is 6.18 Å². The fraction of sp³-hybridized carbons (Fsp3) is 0.226. The van der Waals surface area contributed by atoms with Crippen LogP contribution in [0.2, 0.25) is 0 Å². The number of rotatable bonds is 9. The molecular weight excluding hydrogens is 538 g/mol. The highest BCUT2D eigenvalue weighted by Gasteiger charge is 2.31. The summed E-state index contributed by atoms with van der Waals surface area (Å²) in [7, 11) is 0. The minimum absolute atomic E-state index is 0.0936. The lowest BCUT2D eigenvalue weighted by Crippen LogP contribution is -2.49. The van der Waals surface area contributed by atoms with E-state index in [1.54, 1.807) is 6.07 Å². The summed E-state index contributed by atoms with van der Waals surface area (Å²) in [6.07, 6.45) is -3.58. The van der Waals surface area contributed by atoms with E-state index in [2.05, 4.69) is 15.5 Å². The average molecular weight is 566 g/mol. The Kier molecular flexibility index (Phi) is 8.09. The topological polar surface area (TPSA) is 74.6 Å². The van der Waals surface area contributed by atoms with Gasteiger partial charge in [0.2, 0.25) is 5.91 Å². The van der Waals surface area contributed by atoms with Crippen LogP contribution in [0.5, 0.6) is 0 Å². The highest BCUT2D eigenvalue weighted by atomic mass is 19.4. The van der Waals surface area contributed by atoms with Crippen LogP contribution in [0.3, 0.4) is 0 Å². The van der Waals surface area contributed by atoms with Crippen molar-refractivity contribution in [3.63, 3.8) is 0 Å². The number of alkyl halides is 3. The van der Waals surface area contributed by atoms with Crippen LogP contribution in [0.25, 0.3) is 11.3 Å². The molecule has 212 valence electrons. The summed E-state index contributed by atoms with van der Waals surface area (Å²) in [6, 6.07) is 20.3. The standard InChI is InChI=1S/C31H27F4N3O3/c32-24-9-10-26-21(19-24)13-15-38(26)16-14-36-29(39)25(17-20-5-2-1-3-6-20)37-30(40)28-12-11-27(41-28)22-7-4-8-23(18-22)31(33,34)35/h1-12,18-19,25H,13-17H2,(H,36,39)(H,37,40). The predicted molar refractivity (Wildman–Crippen MR) is 146 cm³/mol. The number of amides is 2. The first-order valence-electron chi connectivity index (χ1n) is 13.1. The number of carbonyl (C=O) groups excluding carboxylic acids is 2. The molecule has 1 aromatic heterocycles. The molecule has 1 aliphatic rings. The van der Waals surface area contributed by atoms with Gasteiger partial charge in [0.25, 0.3) is 5.91 Å². The molecule has 0 saturated carbocycles. The first-order chi connectivity index (χ1) is 19.7.